The van der Waals surface area contributed by atoms with Crippen LogP contribution in [0.25, 0.3) is 0 Å². The van der Waals surface area contributed by atoms with Crippen LogP contribution in [0.2, 0.25) is 0 Å². The Labute approximate surface area is 134 Å². The van der Waals surface area contributed by atoms with Gasteiger partial charge in [-0.2, -0.15) is 0 Å². The maximum atomic E-state index is 10.8. The third kappa shape index (κ3) is 4.31. The number of aliphatic carboxylic acids is 1. The van der Waals surface area contributed by atoms with E-state index >= 15 is 0 Å². The van der Waals surface area contributed by atoms with Gasteiger partial charge in [-0.1, -0.05) is 32.0 Å². The maximum absolute atomic E-state index is 10.8. The van der Waals surface area contributed by atoms with Crippen molar-refractivity contribution in [2.75, 3.05) is 6.61 Å². The van der Waals surface area contributed by atoms with Crippen molar-refractivity contribution in [3.8, 4) is 5.75 Å². The smallest absolute Gasteiger partial charge is 0.308 e. The molecule has 0 aliphatic carbocycles. The lowest BCUT2D eigenvalue weighted by molar-refractivity contribution is -0.136. The second-order valence-electron chi connectivity index (χ2n) is 5.48. The average Bonchev–Trinajstić information content (AvgIpc) is 2.78. The summed E-state index contributed by atoms with van der Waals surface area (Å²) < 4.78 is 5.88. The molecule has 2 rings (SSSR count). The van der Waals surface area contributed by atoms with Gasteiger partial charge < -0.3 is 9.84 Å². The summed E-state index contributed by atoms with van der Waals surface area (Å²) in [7, 11) is 0. The number of para-hydroxylation sites is 1. The van der Waals surface area contributed by atoms with E-state index in [0.717, 1.165) is 21.3 Å². The lowest BCUT2D eigenvalue weighted by Crippen LogP contribution is -2.03. The van der Waals surface area contributed by atoms with Gasteiger partial charge in [-0.15, -0.1) is 11.3 Å². The van der Waals surface area contributed by atoms with Crippen molar-refractivity contribution < 1.29 is 14.6 Å². The van der Waals surface area contributed by atoms with Crippen molar-refractivity contribution in [1.29, 1.82) is 0 Å². The van der Waals surface area contributed by atoms with Crippen molar-refractivity contribution in [1.82, 2.24) is 4.98 Å². The van der Waals surface area contributed by atoms with Crippen LogP contribution < -0.4 is 4.74 Å². The highest BCUT2D eigenvalue weighted by molar-refractivity contribution is 7.11. The minimum Gasteiger partial charge on any atom is -0.493 e. The van der Waals surface area contributed by atoms with Gasteiger partial charge in [-0.25, -0.2) is 4.98 Å². The molecule has 1 aromatic carbocycles. The molecular formula is C17H21NO3S. The Hall–Kier alpha value is -1.88. The molecule has 0 aliphatic rings. The molecular weight excluding hydrogens is 298 g/mol. The van der Waals surface area contributed by atoms with Gasteiger partial charge in [-0.3, -0.25) is 4.79 Å². The van der Waals surface area contributed by atoms with E-state index in [2.05, 4.69) is 24.9 Å². The Bertz CT molecular complexity index is 649. The number of carboxylic acid groups (broad SMARTS) is 1. The van der Waals surface area contributed by atoms with Crippen LogP contribution in [0.3, 0.4) is 0 Å². The molecule has 1 N–H and O–H groups in total. The summed E-state index contributed by atoms with van der Waals surface area (Å²) in [4.78, 5) is 16.0. The first kappa shape index (κ1) is 16.5. The second kappa shape index (κ2) is 7.40. The zero-order valence-electron chi connectivity index (χ0n) is 13.1. The number of hydrogen-bond donors (Lipinski definition) is 1. The fraction of sp³-hybridized carbons (Fsp3) is 0.412. The first-order valence-electron chi connectivity index (χ1n) is 7.36. The molecule has 22 heavy (non-hydrogen) atoms. The summed E-state index contributed by atoms with van der Waals surface area (Å²) in [5.41, 5.74) is 2.01. The van der Waals surface area contributed by atoms with E-state index in [-0.39, 0.29) is 6.42 Å². The summed E-state index contributed by atoms with van der Waals surface area (Å²) in [6, 6.07) is 8.06. The first-order chi connectivity index (χ1) is 10.5. The predicted octanol–water partition coefficient (Wildman–Crippen LogP) is 3.82. The fourth-order valence-corrected chi connectivity index (χ4v) is 3.28. The minimum absolute atomic E-state index is 0.0422. The number of aryl methyl sites for hydroxylation is 1. The van der Waals surface area contributed by atoms with Crippen LogP contribution in [0, 0.1) is 6.92 Å². The SMILES string of the molecule is Cc1nc(CCOc2ccccc2C(C)C)sc1CC(=O)O. The molecule has 5 heteroatoms. The number of carboxylic acids is 1. The Morgan fingerprint density at radius 1 is 1.36 bits per heavy atom. The van der Waals surface area contributed by atoms with Gasteiger partial charge in [0.25, 0.3) is 0 Å². The Kier molecular flexibility index (Phi) is 5.55. The van der Waals surface area contributed by atoms with E-state index in [1.165, 1.54) is 16.9 Å². The molecule has 0 saturated heterocycles. The van der Waals surface area contributed by atoms with Gasteiger partial charge >= 0.3 is 5.97 Å². The Morgan fingerprint density at radius 2 is 2.09 bits per heavy atom. The number of rotatable bonds is 7. The van der Waals surface area contributed by atoms with E-state index in [0.29, 0.717) is 18.9 Å². The van der Waals surface area contributed by atoms with Crippen molar-refractivity contribution in [3.63, 3.8) is 0 Å². The van der Waals surface area contributed by atoms with Gasteiger partial charge in [0, 0.05) is 11.3 Å². The van der Waals surface area contributed by atoms with Gasteiger partial charge in [0.2, 0.25) is 0 Å². The highest BCUT2D eigenvalue weighted by atomic mass is 32.1. The highest BCUT2D eigenvalue weighted by Crippen LogP contribution is 2.26. The molecule has 1 heterocycles. The van der Waals surface area contributed by atoms with Gasteiger partial charge in [-0.05, 0) is 24.5 Å². The number of aromatic nitrogens is 1. The summed E-state index contributed by atoms with van der Waals surface area (Å²) in [6.07, 6.45) is 0.734. The van der Waals surface area contributed by atoms with Gasteiger partial charge in [0.1, 0.15) is 5.75 Å². The number of ether oxygens (including phenoxy) is 1. The lowest BCUT2D eigenvalue weighted by atomic mass is 10.0. The summed E-state index contributed by atoms with van der Waals surface area (Å²) in [6.45, 7) is 6.69. The van der Waals surface area contributed by atoms with E-state index in [1.54, 1.807) is 0 Å². The Balaban J connectivity index is 1.96. The van der Waals surface area contributed by atoms with Crippen molar-refractivity contribution in [3.05, 3.63) is 45.4 Å². The molecule has 118 valence electrons. The van der Waals surface area contributed by atoms with E-state index in [1.807, 2.05) is 25.1 Å². The molecule has 0 saturated carbocycles. The molecule has 0 spiro atoms. The number of carbonyl (C=O) groups is 1. The van der Waals surface area contributed by atoms with Gasteiger partial charge in [0.15, 0.2) is 0 Å². The van der Waals surface area contributed by atoms with Crippen molar-refractivity contribution >= 4 is 17.3 Å². The van der Waals surface area contributed by atoms with Crippen LogP contribution in [0.15, 0.2) is 24.3 Å². The lowest BCUT2D eigenvalue weighted by Gasteiger charge is -2.13. The summed E-state index contributed by atoms with van der Waals surface area (Å²) in [5.74, 6) is 0.512. The molecule has 2 aromatic rings. The molecule has 0 amide bonds. The maximum Gasteiger partial charge on any atom is 0.308 e. The largest absolute Gasteiger partial charge is 0.493 e. The Morgan fingerprint density at radius 3 is 2.77 bits per heavy atom. The molecule has 0 radical (unpaired) electrons. The molecule has 4 nitrogen and oxygen atoms in total. The zero-order valence-corrected chi connectivity index (χ0v) is 13.9. The number of benzene rings is 1. The van der Waals surface area contributed by atoms with Crippen LogP contribution >= 0.6 is 11.3 Å². The van der Waals surface area contributed by atoms with Crippen molar-refractivity contribution in [2.45, 2.75) is 39.5 Å². The third-order valence-corrected chi connectivity index (χ3v) is 4.58. The molecule has 0 bridgehead atoms. The third-order valence-electron chi connectivity index (χ3n) is 3.36. The standard InChI is InChI=1S/C17H21NO3S/c1-11(2)13-6-4-5-7-14(13)21-9-8-16-18-12(3)15(22-16)10-17(19)20/h4-7,11H,8-10H2,1-3H3,(H,19,20). The number of hydrogen-bond acceptors (Lipinski definition) is 4. The average molecular weight is 319 g/mol. The highest BCUT2D eigenvalue weighted by Gasteiger charge is 2.12. The monoisotopic (exact) mass is 319 g/mol. The van der Waals surface area contributed by atoms with E-state index < -0.39 is 5.97 Å². The quantitative estimate of drug-likeness (QED) is 0.842. The van der Waals surface area contributed by atoms with Crippen LogP contribution in [-0.2, 0) is 17.6 Å². The van der Waals surface area contributed by atoms with Crippen LogP contribution in [-0.4, -0.2) is 22.7 Å². The van der Waals surface area contributed by atoms with E-state index in [4.69, 9.17) is 9.84 Å². The van der Waals surface area contributed by atoms with Gasteiger partial charge in [0.05, 0.1) is 23.7 Å². The fourth-order valence-electron chi connectivity index (χ4n) is 2.23. The predicted molar refractivity (Wildman–Crippen MR) is 87.9 cm³/mol. The topological polar surface area (TPSA) is 59.4 Å². The minimum atomic E-state index is -0.819. The normalized spacial score (nSPS) is 10.9. The van der Waals surface area contributed by atoms with Crippen LogP contribution in [0.1, 0.15) is 40.9 Å². The molecule has 0 unspecified atom stereocenters. The van der Waals surface area contributed by atoms with Crippen LogP contribution in [0.5, 0.6) is 5.75 Å². The summed E-state index contributed by atoms with van der Waals surface area (Å²) >= 11 is 1.46. The number of nitrogens with zero attached hydrogens (tertiary/aromatic N) is 1. The molecule has 0 aliphatic heterocycles. The van der Waals surface area contributed by atoms with Crippen molar-refractivity contribution in [2.24, 2.45) is 0 Å². The summed E-state index contributed by atoms with van der Waals surface area (Å²) in [5, 5.41) is 9.79. The zero-order chi connectivity index (χ0) is 16.1. The molecule has 0 fully saturated rings. The first-order valence-corrected chi connectivity index (χ1v) is 8.17. The van der Waals surface area contributed by atoms with E-state index in [9.17, 15) is 4.79 Å². The number of thiazole rings is 1. The molecule has 0 atom stereocenters. The second-order valence-corrected chi connectivity index (χ2v) is 6.65. The van der Waals surface area contributed by atoms with Crippen LogP contribution in [0.4, 0.5) is 0 Å². The molecule has 1 aromatic heterocycles.